The molecule has 3 aromatic carbocycles. The molecule has 0 spiro atoms. The molecule has 0 atom stereocenters. The smallest absolute Gasteiger partial charge is 0.323 e. The SMILES string of the molecule is CSc1cc(F)c(F)cc1-c1ccc(OCc2cccc(C(=O)N(CC(=O)O)CC3CCN(C)CC3)c2)cc1. The molecule has 1 aliphatic heterocycles. The molecule has 1 saturated heterocycles. The van der Waals surface area contributed by atoms with Gasteiger partial charge in [0.2, 0.25) is 0 Å². The third kappa shape index (κ3) is 7.58. The van der Waals surface area contributed by atoms with Crippen molar-refractivity contribution in [3.8, 4) is 16.9 Å². The highest BCUT2D eigenvalue weighted by Gasteiger charge is 2.25. The molecule has 39 heavy (non-hydrogen) atoms. The summed E-state index contributed by atoms with van der Waals surface area (Å²) in [7, 11) is 2.06. The van der Waals surface area contributed by atoms with Gasteiger partial charge in [0, 0.05) is 17.0 Å². The Morgan fingerprint density at radius 1 is 1.05 bits per heavy atom. The summed E-state index contributed by atoms with van der Waals surface area (Å²) >= 11 is 1.34. The van der Waals surface area contributed by atoms with Gasteiger partial charge in [-0.25, -0.2) is 8.78 Å². The summed E-state index contributed by atoms with van der Waals surface area (Å²) in [5.74, 6) is -2.26. The van der Waals surface area contributed by atoms with E-state index >= 15 is 0 Å². The average Bonchev–Trinajstić information content (AvgIpc) is 2.94. The Balaban J connectivity index is 1.42. The van der Waals surface area contributed by atoms with Gasteiger partial charge in [-0.3, -0.25) is 9.59 Å². The number of piperidine rings is 1. The third-order valence-electron chi connectivity index (χ3n) is 6.92. The maximum Gasteiger partial charge on any atom is 0.323 e. The highest BCUT2D eigenvalue weighted by molar-refractivity contribution is 7.98. The fraction of sp³-hybridized carbons (Fsp3) is 0.333. The van der Waals surface area contributed by atoms with Crippen LogP contribution in [0, 0.1) is 17.6 Å². The van der Waals surface area contributed by atoms with Crippen LogP contribution in [0.4, 0.5) is 8.78 Å². The van der Waals surface area contributed by atoms with E-state index in [1.807, 2.05) is 12.3 Å². The van der Waals surface area contributed by atoms with Crippen molar-refractivity contribution in [2.75, 3.05) is 39.5 Å². The van der Waals surface area contributed by atoms with Gasteiger partial charge in [-0.2, -0.15) is 0 Å². The van der Waals surface area contributed by atoms with E-state index in [-0.39, 0.29) is 25.0 Å². The molecule has 1 amide bonds. The molecule has 1 heterocycles. The summed E-state index contributed by atoms with van der Waals surface area (Å²) in [4.78, 5) is 29.1. The molecule has 1 aliphatic rings. The number of rotatable bonds is 10. The van der Waals surface area contributed by atoms with Crippen LogP contribution in [-0.2, 0) is 11.4 Å². The Hall–Kier alpha value is -3.43. The van der Waals surface area contributed by atoms with Crippen molar-refractivity contribution in [3.05, 3.63) is 83.4 Å². The van der Waals surface area contributed by atoms with E-state index < -0.39 is 17.6 Å². The van der Waals surface area contributed by atoms with E-state index in [1.54, 1.807) is 42.5 Å². The first-order valence-electron chi connectivity index (χ1n) is 12.8. The second-order valence-corrected chi connectivity index (χ2v) is 10.7. The van der Waals surface area contributed by atoms with E-state index in [0.717, 1.165) is 37.1 Å². The average molecular weight is 555 g/mol. The molecule has 3 aromatic rings. The van der Waals surface area contributed by atoms with Crippen LogP contribution in [0.3, 0.4) is 0 Å². The summed E-state index contributed by atoms with van der Waals surface area (Å²) in [6.45, 7) is 2.16. The van der Waals surface area contributed by atoms with Crippen molar-refractivity contribution in [1.29, 1.82) is 0 Å². The Bertz CT molecular complexity index is 1310. The molecule has 1 fully saturated rings. The third-order valence-corrected chi connectivity index (χ3v) is 7.69. The number of aliphatic carboxylic acids is 1. The quantitative estimate of drug-likeness (QED) is 0.320. The number of halogens is 2. The van der Waals surface area contributed by atoms with Gasteiger partial charge in [0.15, 0.2) is 11.6 Å². The maximum atomic E-state index is 13.8. The summed E-state index contributed by atoms with van der Waals surface area (Å²) in [5.41, 5.74) is 2.53. The number of benzene rings is 3. The second kappa shape index (κ2) is 13.1. The van der Waals surface area contributed by atoms with Crippen molar-refractivity contribution in [2.24, 2.45) is 5.92 Å². The topological polar surface area (TPSA) is 70.1 Å². The van der Waals surface area contributed by atoms with E-state index in [1.165, 1.54) is 28.8 Å². The van der Waals surface area contributed by atoms with Gasteiger partial charge < -0.3 is 19.6 Å². The lowest BCUT2D eigenvalue weighted by Crippen LogP contribution is -2.42. The number of carboxylic acids is 1. The van der Waals surface area contributed by atoms with Crippen molar-refractivity contribution >= 4 is 23.6 Å². The highest BCUT2D eigenvalue weighted by Crippen LogP contribution is 2.33. The fourth-order valence-corrected chi connectivity index (χ4v) is 5.35. The Morgan fingerprint density at radius 2 is 1.74 bits per heavy atom. The first kappa shape index (κ1) is 28.6. The number of carbonyl (C=O) groups excluding carboxylic acids is 1. The van der Waals surface area contributed by atoms with Crippen molar-refractivity contribution in [2.45, 2.75) is 24.3 Å². The summed E-state index contributed by atoms with van der Waals surface area (Å²) in [6, 6.07) is 16.5. The van der Waals surface area contributed by atoms with Gasteiger partial charge in [-0.1, -0.05) is 24.3 Å². The van der Waals surface area contributed by atoms with Crippen LogP contribution in [0.15, 0.2) is 65.6 Å². The summed E-state index contributed by atoms with van der Waals surface area (Å²) in [6.07, 6.45) is 3.67. The van der Waals surface area contributed by atoms with Gasteiger partial charge in [0.25, 0.3) is 5.91 Å². The number of carboxylic acid groups (broad SMARTS) is 1. The van der Waals surface area contributed by atoms with Gasteiger partial charge >= 0.3 is 5.97 Å². The number of carbonyl (C=O) groups is 2. The monoisotopic (exact) mass is 554 g/mol. The Labute approximate surface area is 231 Å². The van der Waals surface area contributed by atoms with Gasteiger partial charge in [-0.15, -0.1) is 11.8 Å². The normalized spacial score (nSPS) is 14.3. The zero-order chi connectivity index (χ0) is 27.9. The zero-order valence-electron chi connectivity index (χ0n) is 22.0. The van der Waals surface area contributed by atoms with Crippen molar-refractivity contribution in [1.82, 2.24) is 9.80 Å². The fourth-order valence-electron chi connectivity index (χ4n) is 4.74. The molecule has 9 heteroatoms. The zero-order valence-corrected chi connectivity index (χ0v) is 22.8. The van der Waals surface area contributed by atoms with Gasteiger partial charge in [0.05, 0.1) is 0 Å². The summed E-state index contributed by atoms with van der Waals surface area (Å²) in [5, 5.41) is 9.40. The number of amides is 1. The Morgan fingerprint density at radius 3 is 2.41 bits per heavy atom. The minimum Gasteiger partial charge on any atom is -0.489 e. The van der Waals surface area contributed by atoms with E-state index in [0.29, 0.717) is 28.3 Å². The highest BCUT2D eigenvalue weighted by atomic mass is 32.2. The lowest BCUT2D eigenvalue weighted by molar-refractivity contribution is -0.137. The minimum absolute atomic E-state index is 0.204. The molecule has 4 rings (SSSR count). The number of hydrogen-bond donors (Lipinski definition) is 1. The number of nitrogens with zero attached hydrogens (tertiary/aromatic N) is 2. The van der Waals surface area contributed by atoms with Crippen LogP contribution in [0.1, 0.15) is 28.8 Å². The van der Waals surface area contributed by atoms with E-state index in [4.69, 9.17) is 4.74 Å². The molecule has 0 unspecified atom stereocenters. The molecule has 0 saturated carbocycles. The Kier molecular flexibility index (Phi) is 9.59. The minimum atomic E-state index is -1.03. The largest absolute Gasteiger partial charge is 0.489 e. The standard InChI is InChI=1S/C30H32F2N2O4S/c1-33-12-10-20(11-13-33)17-34(18-29(35)36)30(37)23-5-3-4-21(14-23)19-38-24-8-6-22(7-9-24)25-15-26(31)27(32)16-28(25)39-2/h3-9,14-16,20H,10-13,17-19H2,1-2H3,(H,35,36). The van der Waals surface area contributed by atoms with Crippen LogP contribution in [0.2, 0.25) is 0 Å². The summed E-state index contributed by atoms with van der Waals surface area (Å²) < 4.78 is 33.4. The first-order valence-corrected chi connectivity index (χ1v) is 14.0. The van der Waals surface area contributed by atoms with Crippen LogP contribution >= 0.6 is 11.8 Å². The van der Waals surface area contributed by atoms with Crippen LogP contribution in [0.5, 0.6) is 5.75 Å². The van der Waals surface area contributed by atoms with Crippen molar-refractivity contribution < 1.29 is 28.2 Å². The number of thioether (sulfide) groups is 1. The molecule has 0 bridgehead atoms. The lowest BCUT2D eigenvalue weighted by Gasteiger charge is -2.32. The molecular weight excluding hydrogens is 522 g/mol. The molecule has 206 valence electrons. The predicted octanol–water partition coefficient (Wildman–Crippen LogP) is 5.80. The van der Waals surface area contributed by atoms with Gasteiger partial charge in [0.1, 0.15) is 18.9 Å². The lowest BCUT2D eigenvalue weighted by atomic mass is 9.96. The van der Waals surface area contributed by atoms with E-state index in [9.17, 15) is 23.5 Å². The molecule has 1 N–H and O–H groups in total. The first-order chi connectivity index (χ1) is 18.7. The maximum absolute atomic E-state index is 13.8. The molecule has 6 nitrogen and oxygen atoms in total. The molecule has 0 aliphatic carbocycles. The number of hydrogen-bond acceptors (Lipinski definition) is 5. The van der Waals surface area contributed by atoms with E-state index in [2.05, 4.69) is 11.9 Å². The second-order valence-electron chi connectivity index (χ2n) is 9.81. The van der Waals surface area contributed by atoms with Gasteiger partial charge in [-0.05, 0) is 98.2 Å². The molecule has 0 radical (unpaired) electrons. The van der Waals surface area contributed by atoms with Crippen molar-refractivity contribution in [3.63, 3.8) is 0 Å². The van der Waals surface area contributed by atoms with Crippen LogP contribution in [-0.4, -0.2) is 66.3 Å². The number of ether oxygens (including phenoxy) is 1. The molecule has 0 aromatic heterocycles. The number of likely N-dealkylation sites (tertiary alicyclic amines) is 1. The molecular formula is C30H32F2N2O4S. The van der Waals surface area contributed by atoms with Crippen LogP contribution in [0.25, 0.3) is 11.1 Å². The van der Waals surface area contributed by atoms with Crippen LogP contribution < -0.4 is 4.74 Å². The predicted molar refractivity (Wildman–Crippen MR) is 148 cm³/mol.